The molecule has 2 rings (SSSR count). The van der Waals surface area contributed by atoms with Crippen molar-refractivity contribution in [2.75, 3.05) is 6.54 Å². The van der Waals surface area contributed by atoms with Crippen LogP contribution in [0.1, 0.15) is 16.8 Å². The number of likely N-dealkylation sites (tertiary alicyclic amines) is 1. The quantitative estimate of drug-likeness (QED) is 0.587. The molecule has 1 aromatic rings. The molecule has 1 aliphatic heterocycles. The molecule has 102 valence electrons. The Hall–Kier alpha value is -2.28. The first-order chi connectivity index (χ1) is 8.88. The summed E-state index contributed by atoms with van der Waals surface area (Å²) in [5.74, 6) is -2.45. The number of benzene rings is 1. The fourth-order valence-electron chi connectivity index (χ4n) is 2.16. The van der Waals surface area contributed by atoms with Gasteiger partial charge in [0.1, 0.15) is 17.5 Å². The van der Waals surface area contributed by atoms with Crippen molar-refractivity contribution in [1.29, 1.82) is 0 Å². The molecule has 1 saturated heterocycles. The molecule has 0 radical (unpaired) electrons. The first-order valence-corrected chi connectivity index (χ1v) is 5.63. The molecule has 0 aliphatic carbocycles. The van der Waals surface area contributed by atoms with Crippen molar-refractivity contribution in [3.05, 3.63) is 23.8 Å². The lowest BCUT2D eigenvalue weighted by Crippen LogP contribution is -2.40. The van der Waals surface area contributed by atoms with Gasteiger partial charge in [-0.05, 0) is 12.1 Å². The molecule has 0 saturated carbocycles. The van der Waals surface area contributed by atoms with Crippen LogP contribution in [-0.4, -0.2) is 55.9 Å². The smallest absolute Gasteiger partial charge is 0.326 e. The molecule has 1 aliphatic rings. The van der Waals surface area contributed by atoms with E-state index in [2.05, 4.69) is 0 Å². The second-order valence-corrected chi connectivity index (χ2v) is 4.44. The van der Waals surface area contributed by atoms with Crippen LogP contribution in [0.5, 0.6) is 11.5 Å². The van der Waals surface area contributed by atoms with Crippen LogP contribution in [0.25, 0.3) is 0 Å². The lowest BCUT2D eigenvalue weighted by atomic mass is 10.1. The Morgan fingerprint density at radius 2 is 1.74 bits per heavy atom. The van der Waals surface area contributed by atoms with E-state index in [4.69, 9.17) is 5.11 Å². The van der Waals surface area contributed by atoms with Gasteiger partial charge in [-0.25, -0.2) is 4.79 Å². The summed E-state index contributed by atoms with van der Waals surface area (Å²) in [7, 11) is 0. The van der Waals surface area contributed by atoms with Crippen molar-refractivity contribution in [3.8, 4) is 11.5 Å². The normalized spacial score (nSPS) is 22.5. The molecule has 1 fully saturated rings. The fourth-order valence-corrected chi connectivity index (χ4v) is 2.16. The van der Waals surface area contributed by atoms with E-state index in [9.17, 15) is 24.9 Å². The van der Waals surface area contributed by atoms with Crippen LogP contribution in [0.3, 0.4) is 0 Å². The third-order valence-corrected chi connectivity index (χ3v) is 2.97. The van der Waals surface area contributed by atoms with E-state index in [1.54, 1.807) is 0 Å². The van der Waals surface area contributed by atoms with Crippen LogP contribution in [0.4, 0.5) is 0 Å². The Morgan fingerprint density at radius 3 is 2.26 bits per heavy atom. The van der Waals surface area contributed by atoms with Gasteiger partial charge in [-0.3, -0.25) is 4.79 Å². The van der Waals surface area contributed by atoms with Gasteiger partial charge in [0, 0.05) is 24.6 Å². The summed E-state index contributed by atoms with van der Waals surface area (Å²) in [5, 5.41) is 37.1. The fraction of sp³-hybridized carbons (Fsp3) is 0.333. The van der Waals surface area contributed by atoms with Gasteiger partial charge in [0.15, 0.2) is 0 Å². The molecule has 19 heavy (non-hydrogen) atoms. The number of aromatic hydroxyl groups is 2. The number of aliphatic carboxylic acids is 1. The topological polar surface area (TPSA) is 118 Å². The number of amides is 1. The highest BCUT2D eigenvalue weighted by Gasteiger charge is 2.39. The minimum atomic E-state index is -1.20. The van der Waals surface area contributed by atoms with E-state index in [1.165, 1.54) is 0 Å². The lowest BCUT2D eigenvalue weighted by molar-refractivity contribution is -0.141. The van der Waals surface area contributed by atoms with Crippen molar-refractivity contribution in [2.45, 2.75) is 18.6 Å². The number of rotatable bonds is 2. The van der Waals surface area contributed by atoms with Crippen molar-refractivity contribution in [3.63, 3.8) is 0 Å². The first kappa shape index (κ1) is 13.2. The molecule has 0 spiro atoms. The number of nitrogens with zero attached hydrogens (tertiary/aromatic N) is 1. The Morgan fingerprint density at radius 1 is 1.16 bits per heavy atom. The Balaban J connectivity index is 2.30. The maximum absolute atomic E-state index is 12.1. The van der Waals surface area contributed by atoms with Gasteiger partial charge in [-0.1, -0.05) is 0 Å². The highest BCUT2D eigenvalue weighted by molar-refractivity contribution is 5.97. The van der Waals surface area contributed by atoms with E-state index < -0.39 is 24.0 Å². The van der Waals surface area contributed by atoms with Gasteiger partial charge in [-0.15, -0.1) is 0 Å². The van der Waals surface area contributed by atoms with E-state index in [-0.39, 0.29) is 30.0 Å². The molecule has 1 heterocycles. The predicted octanol–water partition coefficient (Wildman–Crippen LogP) is -0.242. The number of aliphatic hydroxyl groups is 1. The molecule has 4 N–H and O–H groups in total. The summed E-state index contributed by atoms with van der Waals surface area (Å²) < 4.78 is 0. The van der Waals surface area contributed by atoms with Crippen LogP contribution in [0, 0.1) is 0 Å². The molecule has 0 aromatic heterocycles. The summed E-state index contributed by atoms with van der Waals surface area (Å²) >= 11 is 0. The molecule has 0 bridgehead atoms. The third kappa shape index (κ3) is 2.60. The number of phenols is 2. The monoisotopic (exact) mass is 267 g/mol. The number of aliphatic hydroxyl groups excluding tert-OH is 1. The van der Waals surface area contributed by atoms with Crippen LogP contribution in [-0.2, 0) is 4.79 Å². The summed E-state index contributed by atoms with van der Waals surface area (Å²) in [6, 6.07) is 2.22. The Bertz CT molecular complexity index is 509. The highest BCUT2D eigenvalue weighted by atomic mass is 16.4. The number of carboxylic acids is 1. The molecule has 0 unspecified atom stereocenters. The minimum Gasteiger partial charge on any atom is -0.508 e. The summed E-state index contributed by atoms with van der Waals surface area (Å²) in [4.78, 5) is 24.2. The van der Waals surface area contributed by atoms with Gasteiger partial charge >= 0.3 is 5.97 Å². The third-order valence-electron chi connectivity index (χ3n) is 2.97. The van der Waals surface area contributed by atoms with E-state index in [1.807, 2.05) is 0 Å². The zero-order valence-electron chi connectivity index (χ0n) is 9.85. The van der Waals surface area contributed by atoms with Gasteiger partial charge in [-0.2, -0.15) is 0 Å². The maximum Gasteiger partial charge on any atom is 0.326 e. The summed E-state index contributed by atoms with van der Waals surface area (Å²) in [6.45, 7) is -0.0911. The largest absolute Gasteiger partial charge is 0.508 e. The standard InChI is InChI=1S/C12H13NO6/c14-7-1-6(2-8(15)3-7)11(17)13-5-9(16)4-10(13)12(18)19/h1-3,9-10,14-16H,4-5H2,(H,18,19)/t9-,10-/m1/s1. The average molecular weight is 267 g/mol. The van der Waals surface area contributed by atoms with Crippen molar-refractivity contribution >= 4 is 11.9 Å². The summed E-state index contributed by atoms with van der Waals surface area (Å²) in [6.07, 6.45) is -0.928. The van der Waals surface area contributed by atoms with Crippen molar-refractivity contribution < 1.29 is 30.0 Å². The van der Waals surface area contributed by atoms with Crippen LogP contribution < -0.4 is 0 Å². The van der Waals surface area contributed by atoms with Gasteiger partial charge in [0.25, 0.3) is 5.91 Å². The molecule has 7 heteroatoms. The average Bonchev–Trinajstić information content (AvgIpc) is 2.69. The Kier molecular flexibility index (Phi) is 3.30. The maximum atomic E-state index is 12.1. The molecule has 2 atom stereocenters. The first-order valence-electron chi connectivity index (χ1n) is 5.63. The lowest BCUT2D eigenvalue weighted by Gasteiger charge is -2.21. The van der Waals surface area contributed by atoms with Gasteiger partial charge in [0.2, 0.25) is 0 Å². The Labute approximate surface area is 108 Å². The number of carboxylic acid groups (broad SMARTS) is 1. The van der Waals surface area contributed by atoms with E-state index in [0.717, 1.165) is 23.1 Å². The van der Waals surface area contributed by atoms with Crippen LogP contribution >= 0.6 is 0 Å². The van der Waals surface area contributed by atoms with Crippen molar-refractivity contribution in [2.24, 2.45) is 0 Å². The SMILES string of the molecule is O=C(O)[C@H]1C[C@@H](O)CN1C(=O)c1cc(O)cc(O)c1. The number of carbonyl (C=O) groups excluding carboxylic acids is 1. The van der Waals surface area contributed by atoms with E-state index in [0.29, 0.717) is 0 Å². The second kappa shape index (κ2) is 4.77. The number of phenolic OH excluding ortho intramolecular Hbond substituents is 2. The van der Waals surface area contributed by atoms with Crippen LogP contribution in [0.15, 0.2) is 18.2 Å². The summed E-state index contributed by atoms with van der Waals surface area (Å²) in [5.41, 5.74) is -0.0298. The number of β-amino-alcohol motifs (C(OH)–C–C–N with tert-alkyl or cyclic N) is 1. The van der Waals surface area contributed by atoms with Gasteiger partial charge < -0.3 is 25.3 Å². The number of carbonyl (C=O) groups is 2. The number of hydrogen-bond donors (Lipinski definition) is 4. The second-order valence-electron chi connectivity index (χ2n) is 4.44. The highest BCUT2D eigenvalue weighted by Crippen LogP contribution is 2.25. The molecule has 1 amide bonds. The van der Waals surface area contributed by atoms with Crippen LogP contribution in [0.2, 0.25) is 0 Å². The zero-order valence-corrected chi connectivity index (χ0v) is 9.85. The van der Waals surface area contributed by atoms with E-state index >= 15 is 0 Å². The minimum absolute atomic E-state index is 0.0298. The van der Waals surface area contributed by atoms with Crippen molar-refractivity contribution in [1.82, 2.24) is 4.90 Å². The molecular weight excluding hydrogens is 254 g/mol. The molecule has 7 nitrogen and oxygen atoms in total. The predicted molar refractivity (Wildman–Crippen MR) is 62.9 cm³/mol. The molecule has 1 aromatic carbocycles. The molecular formula is C12H13NO6. The number of hydrogen-bond acceptors (Lipinski definition) is 5. The van der Waals surface area contributed by atoms with Gasteiger partial charge in [0.05, 0.1) is 6.10 Å². The zero-order chi connectivity index (χ0) is 14.2.